The number of fused-ring (bicyclic) bond motifs is 1. The first kappa shape index (κ1) is 14.9. The van der Waals surface area contributed by atoms with Gasteiger partial charge in [-0.3, -0.25) is 9.78 Å². The molecule has 0 unspecified atom stereocenters. The summed E-state index contributed by atoms with van der Waals surface area (Å²) >= 11 is 6.42. The van der Waals surface area contributed by atoms with Crippen molar-refractivity contribution in [2.45, 2.75) is 19.3 Å². The van der Waals surface area contributed by atoms with Crippen LogP contribution in [-0.4, -0.2) is 25.1 Å². The molecule has 5 nitrogen and oxygen atoms in total. The highest BCUT2D eigenvalue weighted by Gasteiger charge is 2.26. The molecular formula is C16H17ClN2O3. The molecule has 3 rings (SSSR count). The molecule has 116 valence electrons. The van der Waals surface area contributed by atoms with E-state index in [0.717, 1.165) is 19.3 Å². The molecular weight excluding hydrogens is 304 g/mol. The van der Waals surface area contributed by atoms with Crippen molar-refractivity contribution in [3.63, 3.8) is 0 Å². The van der Waals surface area contributed by atoms with Gasteiger partial charge in [0.15, 0.2) is 11.5 Å². The Kier molecular flexibility index (Phi) is 4.07. The van der Waals surface area contributed by atoms with Crippen molar-refractivity contribution in [1.82, 2.24) is 4.98 Å². The molecule has 1 aromatic carbocycles. The van der Waals surface area contributed by atoms with Gasteiger partial charge in [0.1, 0.15) is 0 Å². The summed E-state index contributed by atoms with van der Waals surface area (Å²) in [7, 11) is 3.13. The van der Waals surface area contributed by atoms with Gasteiger partial charge in [0.05, 0.1) is 36.6 Å². The number of nitrogens with one attached hydrogen (secondary N) is 1. The molecule has 0 saturated heterocycles. The number of carbonyl (C=O) groups excluding carboxylic acids is 1. The van der Waals surface area contributed by atoms with E-state index < -0.39 is 0 Å². The Bertz CT molecular complexity index is 729. The average molecular weight is 321 g/mol. The van der Waals surface area contributed by atoms with Gasteiger partial charge in [-0.2, -0.15) is 0 Å². The number of halogens is 1. The van der Waals surface area contributed by atoms with Crippen LogP contribution in [0.3, 0.4) is 0 Å². The Morgan fingerprint density at radius 3 is 2.55 bits per heavy atom. The minimum atomic E-state index is 0.00905. The number of hydrogen-bond donors (Lipinski definition) is 1. The van der Waals surface area contributed by atoms with Gasteiger partial charge in [-0.05, 0) is 18.9 Å². The third-order valence-corrected chi connectivity index (χ3v) is 4.45. The molecule has 6 heteroatoms. The summed E-state index contributed by atoms with van der Waals surface area (Å²) < 4.78 is 10.5. The number of benzene rings is 1. The fourth-order valence-corrected chi connectivity index (χ4v) is 2.73. The summed E-state index contributed by atoms with van der Waals surface area (Å²) in [5.74, 6) is 1.26. The second-order valence-electron chi connectivity index (χ2n) is 5.33. The van der Waals surface area contributed by atoms with E-state index >= 15 is 0 Å². The van der Waals surface area contributed by atoms with Crippen LogP contribution in [0.15, 0.2) is 18.3 Å². The zero-order valence-corrected chi connectivity index (χ0v) is 13.2. The van der Waals surface area contributed by atoms with E-state index in [0.29, 0.717) is 33.1 Å². The number of ether oxygens (including phenoxy) is 2. The second-order valence-corrected chi connectivity index (χ2v) is 5.71. The lowest BCUT2D eigenvalue weighted by atomic mass is 9.85. The maximum absolute atomic E-state index is 12.1. The molecule has 2 aromatic rings. The van der Waals surface area contributed by atoms with E-state index in [-0.39, 0.29) is 11.8 Å². The van der Waals surface area contributed by atoms with Crippen molar-refractivity contribution >= 4 is 34.1 Å². The van der Waals surface area contributed by atoms with Crippen LogP contribution in [0.5, 0.6) is 11.5 Å². The third-order valence-electron chi connectivity index (χ3n) is 4.04. The van der Waals surface area contributed by atoms with Crippen LogP contribution < -0.4 is 14.8 Å². The Morgan fingerprint density at radius 1 is 1.27 bits per heavy atom. The lowest BCUT2D eigenvalue weighted by Gasteiger charge is -2.24. The van der Waals surface area contributed by atoms with Crippen molar-refractivity contribution in [3.05, 3.63) is 23.4 Å². The van der Waals surface area contributed by atoms with Gasteiger partial charge in [0.25, 0.3) is 0 Å². The Labute approximate surface area is 133 Å². The van der Waals surface area contributed by atoms with Gasteiger partial charge < -0.3 is 14.8 Å². The first-order chi connectivity index (χ1) is 10.6. The highest BCUT2D eigenvalue weighted by atomic mass is 35.5. The number of pyridine rings is 1. The van der Waals surface area contributed by atoms with E-state index in [4.69, 9.17) is 21.1 Å². The van der Waals surface area contributed by atoms with Gasteiger partial charge in [0.2, 0.25) is 5.91 Å². The van der Waals surface area contributed by atoms with E-state index in [2.05, 4.69) is 10.3 Å². The molecule has 22 heavy (non-hydrogen) atoms. The zero-order chi connectivity index (χ0) is 15.7. The van der Waals surface area contributed by atoms with Gasteiger partial charge in [-0.1, -0.05) is 18.0 Å². The molecule has 1 saturated carbocycles. The predicted octanol–water partition coefficient (Wildman–Crippen LogP) is 3.64. The molecule has 0 atom stereocenters. The molecule has 0 spiro atoms. The molecule has 0 aliphatic heterocycles. The summed E-state index contributed by atoms with van der Waals surface area (Å²) in [5.41, 5.74) is 1.21. The smallest absolute Gasteiger partial charge is 0.227 e. The number of amides is 1. The van der Waals surface area contributed by atoms with E-state index in [1.807, 2.05) is 0 Å². The van der Waals surface area contributed by atoms with Crippen molar-refractivity contribution < 1.29 is 14.3 Å². The summed E-state index contributed by atoms with van der Waals surface area (Å²) in [6.07, 6.45) is 4.57. The molecule has 0 radical (unpaired) electrons. The largest absolute Gasteiger partial charge is 0.493 e. The van der Waals surface area contributed by atoms with Crippen LogP contribution >= 0.6 is 11.6 Å². The number of rotatable bonds is 4. The number of methoxy groups -OCH3 is 2. The minimum absolute atomic E-state index is 0.00905. The second kappa shape index (κ2) is 6.01. The Balaban J connectivity index is 1.98. The monoisotopic (exact) mass is 320 g/mol. The maximum Gasteiger partial charge on any atom is 0.227 e. The van der Waals surface area contributed by atoms with Crippen LogP contribution in [0, 0.1) is 5.92 Å². The summed E-state index contributed by atoms with van der Waals surface area (Å²) in [6, 6.07) is 3.53. The maximum atomic E-state index is 12.1. The van der Waals surface area contributed by atoms with Crippen LogP contribution in [0.2, 0.25) is 5.02 Å². The number of nitrogens with zero attached hydrogens (tertiary/aromatic N) is 1. The third kappa shape index (κ3) is 2.57. The average Bonchev–Trinajstić information content (AvgIpc) is 2.47. The van der Waals surface area contributed by atoms with Crippen LogP contribution in [-0.2, 0) is 4.79 Å². The highest BCUT2D eigenvalue weighted by Crippen LogP contribution is 2.37. The molecule has 0 bridgehead atoms. The molecule has 1 aliphatic rings. The summed E-state index contributed by atoms with van der Waals surface area (Å²) in [4.78, 5) is 16.4. The molecule has 1 aliphatic carbocycles. The fourth-order valence-electron chi connectivity index (χ4n) is 2.48. The van der Waals surface area contributed by atoms with Gasteiger partial charge in [0, 0.05) is 17.4 Å². The topological polar surface area (TPSA) is 60.5 Å². The highest BCUT2D eigenvalue weighted by molar-refractivity contribution is 6.38. The van der Waals surface area contributed by atoms with Crippen molar-refractivity contribution in [2.24, 2.45) is 5.92 Å². The lowest BCUT2D eigenvalue weighted by molar-refractivity contribution is -0.122. The quantitative estimate of drug-likeness (QED) is 0.934. The number of hydrogen-bond acceptors (Lipinski definition) is 4. The van der Waals surface area contributed by atoms with Crippen molar-refractivity contribution in [3.8, 4) is 11.5 Å². The van der Waals surface area contributed by atoms with Gasteiger partial charge in [-0.15, -0.1) is 0 Å². The minimum Gasteiger partial charge on any atom is -0.493 e. The SMILES string of the molecule is COc1cc2ncc(NC(=O)C3CCC3)c(Cl)c2cc1OC. The van der Waals surface area contributed by atoms with Crippen LogP contribution in [0.25, 0.3) is 10.9 Å². The van der Waals surface area contributed by atoms with E-state index in [1.54, 1.807) is 32.5 Å². The normalized spacial score (nSPS) is 14.5. The van der Waals surface area contributed by atoms with Crippen LogP contribution in [0.4, 0.5) is 5.69 Å². The van der Waals surface area contributed by atoms with E-state index in [9.17, 15) is 4.79 Å². The first-order valence-electron chi connectivity index (χ1n) is 7.15. The van der Waals surface area contributed by atoms with Crippen molar-refractivity contribution in [2.75, 3.05) is 19.5 Å². The zero-order valence-electron chi connectivity index (χ0n) is 12.5. The standard InChI is InChI=1S/C16H17ClN2O3/c1-21-13-6-10-11(7-14(13)22-2)18-8-12(15(10)17)19-16(20)9-4-3-5-9/h6-9H,3-5H2,1-2H3,(H,19,20). The Morgan fingerprint density at radius 2 is 1.95 bits per heavy atom. The number of anilines is 1. The predicted molar refractivity (Wildman–Crippen MR) is 85.8 cm³/mol. The molecule has 1 heterocycles. The van der Waals surface area contributed by atoms with E-state index in [1.165, 1.54) is 0 Å². The molecule has 1 aromatic heterocycles. The summed E-state index contributed by atoms with van der Waals surface area (Å²) in [5, 5.41) is 4.04. The summed E-state index contributed by atoms with van der Waals surface area (Å²) in [6.45, 7) is 0. The molecule has 1 N–H and O–H groups in total. The lowest BCUT2D eigenvalue weighted by Crippen LogP contribution is -2.28. The van der Waals surface area contributed by atoms with Crippen molar-refractivity contribution in [1.29, 1.82) is 0 Å². The number of aromatic nitrogens is 1. The molecule has 1 fully saturated rings. The first-order valence-corrected chi connectivity index (χ1v) is 7.53. The van der Waals surface area contributed by atoms with Gasteiger partial charge in [-0.25, -0.2) is 0 Å². The van der Waals surface area contributed by atoms with Crippen LogP contribution in [0.1, 0.15) is 19.3 Å². The van der Waals surface area contributed by atoms with Gasteiger partial charge >= 0.3 is 0 Å². The fraction of sp³-hybridized carbons (Fsp3) is 0.375. The number of carbonyl (C=O) groups is 1. The Hall–Kier alpha value is -2.01. The molecule has 1 amide bonds.